The first-order valence-electron chi connectivity index (χ1n) is 5.56. The maximum Gasteiger partial charge on any atom is 0.0478 e. The monoisotopic (exact) mass is 233 g/mol. The van der Waals surface area contributed by atoms with Crippen molar-refractivity contribution in [3.05, 3.63) is 52.6 Å². The summed E-state index contributed by atoms with van der Waals surface area (Å²) in [5.41, 5.74) is 2.45. The third-order valence-corrected chi connectivity index (χ3v) is 3.10. The molecular weight excluding hydrogens is 218 g/mol. The van der Waals surface area contributed by atoms with Crippen molar-refractivity contribution < 1.29 is 0 Å². The van der Waals surface area contributed by atoms with E-state index in [1.165, 1.54) is 5.57 Å². The fraction of sp³-hybridized carbons (Fsp3) is 0.286. The largest absolute Gasteiger partial charge is 0.302 e. The Morgan fingerprint density at radius 3 is 2.81 bits per heavy atom. The van der Waals surface area contributed by atoms with Gasteiger partial charge in [-0.2, -0.15) is 0 Å². The van der Waals surface area contributed by atoms with E-state index in [2.05, 4.69) is 30.2 Å². The Kier molecular flexibility index (Phi) is 3.81. The van der Waals surface area contributed by atoms with Crippen LogP contribution >= 0.6 is 11.6 Å². The summed E-state index contributed by atoms with van der Waals surface area (Å²) in [6.07, 6.45) is 7.69. The van der Waals surface area contributed by atoms with Gasteiger partial charge in [0.15, 0.2) is 0 Å². The zero-order chi connectivity index (χ0) is 11.4. The second kappa shape index (κ2) is 5.33. The highest BCUT2D eigenvalue weighted by atomic mass is 35.5. The molecule has 0 aliphatic carbocycles. The molecule has 1 nitrogen and oxygen atoms in total. The smallest absolute Gasteiger partial charge is 0.0478 e. The summed E-state index contributed by atoms with van der Waals surface area (Å²) in [4.78, 5) is 2.33. The number of rotatable bonds is 2. The summed E-state index contributed by atoms with van der Waals surface area (Å²) in [6.45, 7) is 2.18. The fourth-order valence-electron chi connectivity index (χ4n) is 1.85. The van der Waals surface area contributed by atoms with Crippen LogP contribution in [-0.2, 0) is 0 Å². The Labute approximate surface area is 102 Å². The van der Waals surface area contributed by atoms with Gasteiger partial charge in [-0.25, -0.2) is 0 Å². The van der Waals surface area contributed by atoms with Crippen LogP contribution in [-0.4, -0.2) is 25.0 Å². The van der Waals surface area contributed by atoms with Gasteiger partial charge in [-0.05, 0) is 30.7 Å². The molecule has 1 aliphatic heterocycles. The number of benzene rings is 1. The Morgan fingerprint density at radius 2 is 2.06 bits per heavy atom. The van der Waals surface area contributed by atoms with E-state index in [1.54, 1.807) is 0 Å². The molecule has 1 aromatic carbocycles. The summed E-state index contributed by atoms with van der Waals surface area (Å²) in [6, 6.07) is 7.91. The van der Waals surface area contributed by atoms with Gasteiger partial charge in [0.2, 0.25) is 0 Å². The molecule has 1 aromatic rings. The predicted molar refractivity (Wildman–Crippen MR) is 70.7 cm³/mol. The second-order valence-corrected chi connectivity index (χ2v) is 4.57. The minimum absolute atomic E-state index is 0.809. The molecule has 84 valence electrons. The maximum absolute atomic E-state index is 6.09. The third kappa shape index (κ3) is 2.97. The molecule has 0 radical (unpaired) electrons. The van der Waals surface area contributed by atoms with E-state index in [0.29, 0.717) is 0 Å². The molecule has 0 N–H and O–H groups in total. The average molecular weight is 234 g/mol. The lowest BCUT2D eigenvalue weighted by Gasteiger charge is -2.21. The predicted octanol–water partition coefficient (Wildman–Crippen LogP) is 3.62. The molecule has 0 saturated carbocycles. The minimum atomic E-state index is 0.809. The van der Waals surface area contributed by atoms with Crippen molar-refractivity contribution in [3.63, 3.8) is 0 Å². The summed E-state index contributed by atoms with van der Waals surface area (Å²) in [7, 11) is 2.15. The zero-order valence-corrected chi connectivity index (χ0v) is 10.2. The molecule has 0 atom stereocenters. The van der Waals surface area contributed by atoms with Crippen molar-refractivity contribution in [1.29, 1.82) is 0 Å². The van der Waals surface area contributed by atoms with Crippen LogP contribution in [0.15, 0.2) is 42.0 Å². The van der Waals surface area contributed by atoms with Crippen molar-refractivity contribution in [2.24, 2.45) is 0 Å². The summed E-state index contributed by atoms with van der Waals surface area (Å²) >= 11 is 6.09. The maximum atomic E-state index is 6.09. The molecule has 0 saturated heterocycles. The van der Waals surface area contributed by atoms with Gasteiger partial charge in [0.05, 0.1) is 0 Å². The first-order chi connectivity index (χ1) is 7.75. The van der Waals surface area contributed by atoms with E-state index < -0.39 is 0 Å². The number of nitrogens with zero attached hydrogens (tertiary/aromatic N) is 1. The molecule has 1 heterocycles. The number of halogens is 1. The van der Waals surface area contributed by atoms with Crippen LogP contribution < -0.4 is 0 Å². The van der Waals surface area contributed by atoms with Gasteiger partial charge in [0.1, 0.15) is 0 Å². The van der Waals surface area contributed by atoms with Crippen molar-refractivity contribution in [1.82, 2.24) is 4.90 Å². The van der Waals surface area contributed by atoms with Crippen molar-refractivity contribution in [3.8, 4) is 0 Å². The molecule has 0 aromatic heterocycles. The quantitative estimate of drug-likeness (QED) is 0.754. The average Bonchev–Trinajstić information content (AvgIpc) is 2.28. The molecular formula is C14H16ClN. The Hall–Kier alpha value is -1.05. The molecule has 0 amide bonds. The van der Waals surface area contributed by atoms with Gasteiger partial charge >= 0.3 is 0 Å². The minimum Gasteiger partial charge on any atom is -0.302 e. The molecule has 16 heavy (non-hydrogen) atoms. The highest BCUT2D eigenvalue weighted by molar-refractivity contribution is 6.32. The van der Waals surface area contributed by atoms with E-state index in [-0.39, 0.29) is 0 Å². The van der Waals surface area contributed by atoms with E-state index in [9.17, 15) is 0 Å². The lowest BCUT2D eigenvalue weighted by atomic mass is 10.1. The first kappa shape index (κ1) is 11.4. The van der Waals surface area contributed by atoms with Crippen LogP contribution in [0.3, 0.4) is 0 Å². The normalized spacial score (nSPS) is 17.8. The summed E-state index contributed by atoms with van der Waals surface area (Å²) in [5.74, 6) is 0. The van der Waals surface area contributed by atoms with Gasteiger partial charge in [-0.1, -0.05) is 48.0 Å². The highest BCUT2D eigenvalue weighted by Crippen LogP contribution is 2.18. The van der Waals surface area contributed by atoms with Crippen LogP contribution in [0.2, 0.25) is 5.02 Å². The summed E-state index contributed by atoms with van der Waals surface area (Å²) < 4.78 is 0. The van der Waals surface area contributed by atoms with Gasteiger partial charge < -0.3 is 4.90 Å². The van der Waals surface area contributed by atoms with Gasteiger partial charge in [0, 0.05) is 18.1 Å². The topological polar surface area (TPSA) is 3.24 Å². The highest BCUT2D eigenvalue weighted by Gasteiger charge is 2.05. The Bertz CT molecular complexity index is 420. The fourth-order valence-corrected chi connectivity index (χ4v) is 2.05. The van der Waals surface area contributed by atoms with Crippen molar-refractivity contribution >= 4 is 17.7 Å². The molecule has 1 aliphatic rings. The van der Waals surface area contributed by atoms with E-state index in [4.69, 9.17) is 11.6 Å². The molecule has 2 rings (SSSR count). The lowest BCUT2D eigenvalue weighted by Crippen LogP contribution is -2.24. The summed E-state index contributed by atoms with van der Waals surface area (Å²) in [5, 5.41) is 0.809. The third-order valence-electron chi connectivity index (χ3n) is 2.75. The SMILES string of the molecule is CN1CCC=C(C=Cc2ccccc2Cl)C1. The zero-order valence-electron chi connectivity index (χ0n) is 9.49. The lowest BCUT2D eigenvalue weighted by molar-refractivity contribution is 0.358. The van der Waals surface area contributed by atoms with Crippen LogP contribution in [0, 0.1) is 0 Å². The van der Waals surface area contributed by atoms with Crippen LogP contribution in [0.25, 0.3) is 6.08 Å². The molecule has 0 bridgehead atoms. The van der Waals surface area contributed by atoms with Gasteiger partial charge in [0.25, 0.3) is 0 Å². The first-order valence-corrected chi connectivity index (χ1v) is 5.94. The van der Waals surface area contributed by atoms with Crippen molar-refractivity contribution in [2.45, 2.75) is 6.42 Å². The van der Waals surface area contributed by atoms with Crippen LogP contribution in [0.5, 0.6) is 0 Å². The molecule has 0 fully saturated rings. The van der Waals surface area contributed by atoms with E-state index >= 15 is 0 Å². The van der Waals surface area contributed by atoms with Gasteiger partial charge in [-0.3, -0.25) is 0 Å². The Balaban J connectivity index is 2.10. The molecule has 2 heteroatoms. The number of hydrogen-bond donors (Lipinski definition) is 0. The van der Waals surface area contributed by atoms with Gasteiger partial charge in [-0.15, -0.1) is 0 Å². The van der Waals surface area contributed by atoms with Crippen LogP contribution in [0.1, 0.15) is 12.0 Å². The molecule has 0 spiro atoms. The van der Waals surface area contributed by atoms with E-state index in [0.717, 1.165) is 30.1 Å². The number of hydrogen-bond acceptors (Lipinski definition) is 1. The molecule has 0 unspecified atom stereocenters. The van der Waals surface area contributed by atoms with E-state index in [1.807, 2.05) is 24.3 Å². The number of likely N-dealkylation sites (N-methyl/N-ethyl adjacent to an activating group) is 1. The van der Waals surface area contributed by atoms with Crippen molar-refractivity contribution in [2.75, 3.05) is 20.1 Å². The van der Waals surface area contributed by atoms with Crippen LogP contribution in [0.4, 0.5) is 0 Å². The second-order valence-electron chi connectivity index (χ2n) is 4.16. The Morgan fingerprint density at radius 1 is 1.25 bits per heavy atom. The standard InChI is InChI=1S/C14H16ClN/c1-16-10-4-5-12(11-16)8-9-13-6-2-3-7-14(13)15/h2-3,5-9H,4,10-11H2,1H3.